The minimum absolute atomic E-state index is 0.0607. The van der Waals surface area contributed by atoms with Crippen molar-refractivity contribution in [2.45, 2.75) is 25.4 Å². The fourth-order valence-electron chi connectivity index (χ4n) is 2.23. The Morgan fingerprint density at radius 2 is 1.71 bits per heavy atom. The van der Waals surface area contributed by atoms with Crippen molar-refractivity contribution in [2.24, 2.45) is 0 Å². The van der Waals surface area contributed by atoms with E-state index < -0.39 is 31.0 Å². The summed E-state index contributed by atoms with van der Waals surface area (Å²) in [7, 11) is -4.17. The molecule has 0 aromatic heterocycles. The van der Waals surface area contributed by atoms with Crippen LogP contribution < -0.4 is 5.48 Å². The van der Waals surface area contributed by atoms with Gasteiger partial charge in [-0.1, -0.05) is 28.1 Å². The number of amides is 1. The molecule has 1 rings (SSSR count). The summed E-state index contributed by atoms with van der Waals surface area (Å²) in [6.07, 6.45) is 0. The van der Waals surface area contributed by atoms with E-state index in [1.165, 1.54) is 31.5 Å². The van der Waals surface area contributed by atoms with Crippen LogP contribution in [0.1, 0.15) is 25.3 Å². The Bertz CT molecular complexity index is 612. The molecule has 2 atom stereocenters. The Morgan fingerprint density at radius 3 is 2.08 bits per heavy atom. The van der Waals surface area contributed by atoms with E-state index in [0.717, 1.165) is 0 Å². The van der Waals surface area contributed by atoms with Crippen molar-refractivity contribution in [2.75, 3.05) is 13.2 Å². The molecule has 3 N–H and O–H groups in total. The number of hydroxylamine groups is 1. The molecule has 1 aromatic carbocycles. The summed E-state index contributed by atoms with van der Waals surface area (Å²) < 4.78 is 23.9. The van der Waals surface area contributed by atoms with E-state index in [1.807, 2.05) is 0 Å². The normalized spacial score (nSPS) is 14.0. The van der Waals surface area contributed by atoms with Gasteiger partial charge < -0.3 is 14.2 Å². The first-order valence-electron chi connectivity index (χ1n) is 7.11. The minimum atomic E-state index is -4.17. The minimum Gasteiger partial charge on any atom is -0.481 e. The molecule has 24 heavy (non-hydrogen) atoms. The summed E-state index contributed by atoms with van der Waals surface area (Å²) in [5, 5.41) is 18.6. The van der Waals surface area contributed by atoms with Gasteiger partial charge >= 0.3 is 13.6 Å². The van der Waals surface area contributed by atoms with Crippen LogP contribution in [-0.2, 0) is 23.2 Å². The van der Waals surface area contributed by atoms with E-state index >= 15 is 0 Å². The second-order valence-electron chi connectivity index (χ2n) is 4.66. The predicted octanol–water partition coefficient (Wildman–Crippen LogP) is 2.76. The molecular weight excluding hydrogens is 405 g/mol. The van der Waals surface area contributed by atoms with Gasteiger partial charge in [0.05, 0.1) is 19.1 Å². The molecule has 0 spiro atoms. The zero-order chi connectivity index (χ0) is 18.3. The van der Waals surface area contributed by atoms with E-state index in [1.54, 1.807) is 12.1 Å². The maximum Gasteiger partial charge on any atom is 0.346 e. The topological polar surface area (TPSA) is 122 Å². The number of benzene rings is 1. The van der Waals surface area contributed by atoms with Crippen LogP contribution in [0.4, 0.5) is 0 Å². The number of nitrogens with one attached hydrogen (secondary N) is 1. The maximum atomic E-state index is 13.0. The third-order valence-electron chi connectivity index (χ3n) is 3.15. The van der Waals surface area contributed by atoms with Gasteiger partial charge in [0.25, 0.3) is 5.91 Å². The third kappa shape index (κ3) is 4.87. The quantitative estimate of drug-likeness (QED) is 0.317. The molecule has 10 heteroatoms. The van der Waals surface area contributed by atoms with Crippen molar-refractivity contribution in [3.8, 4) is 0 Å². The number of rotatable bonds is 9. The molecule has 2 unspecified atom stereocenters. The Morgan fingerprint density at radius 1 is 1.21 bits per heavy atom. The molecule has 0 saturated carbocycles. The van der Waals surface area contributed by atoms with Crippen LogP contribution in [0.2, 0.25) is 0 Å². The highest BCUT2D eigenvalue weighted by Gasteiger charge is 2.50. The van der Waals surface area contributed by atoms with E-state index in [2.05, 4.69) is 15.9 Å². The van der Waals surface area contributed by atoms with Crippen LogP contribution in [-0.4, -0.2) is 41.1 Å². The summed E-state index contributed by atoms with van der Waals surface area (Å²) in [6.45, 7) is 2.94. The van der Waals surface area contributed by atoms with Gasteiger partial charge in [-0.05, 0) is 31.5 Å². The van der Waals surface area contributed by atoms with Gasteiger partial charge in [0.2, 0.25) is 0 Å². The molecule has 1 aromatic rings. The highest BCUT2D eigenvalue weighted by molar-refractivity contribution is 9.10. The maximum absolute atomic E-state index is 13.0. The standard InChI is InChI=1S/C14H19BrNO7P/c1-3-22-24(21,23-4-2)12(14(18)19)11(13(17)16-20)9-5-7-10(15)8-6-9/h5-8,11-12,20H,3-4H2,1-2H3,(H,16,17)(H,18,19). The van der Waals surface area contributed by atoms with Gasteiger partial charge in [0, 0.05) is 4.47 Å². The number of hydrogen-bond acceptors (Lipinski definition) is 6. The Labute approximate surface area is 147 Å². The second-order valence-corrected chi connectivity index (χ2v) is 7.73. The first-order valence-corrected chi connectivity index (χ1v) is 9.52. The lowest BCUT2D eigenvalue weighted by Crippen LogP contribution is -2.39. The molecule has 0 aliphatic rings. The molecule has 0 radical (unpaired) electrons. The lowest BCUT2D eigenvalue weighted by atomic mass is 9.94. The molecule has 0 aliphatic heterocycles. The highest BCUT2D eigenvalue weighted by Crippen LogP contribution is 2.57. The molecular formula is C14H19BrNO7P. The van der Waals surface area contributed by atoms with Gasteiger partial charge in [-0.15, -0.1) is 0 Å². The first kappa shape index (κ1) is 20.8. The average Bonchev–Trinajstić information content (AvgIpc) is 2.52. The molecule has 0 bridgehead atoms. The van der Waals surface area contributed by atoms with Crippen LogP contribution in [0.25, 0.3) is 0 Å². The molecule has 0 heterocycles. The molecule has 8 nitrogen and oxygen atoms in total. The van der Waals surface area contributed by atoms with Crippen LogP contribution in [0.3, 0.4) is 0 Å². The summed E-state index contributed by atoms with van der Waals surface area (Å²) in [4.78, 5) is 23.9. The SMILES string of the molecule is CCOP(=O)(OCC)C(C(=O)O)C(C(=O)NO)c1ccc(Br)cc1. The largest absolute Gasteiger partial charge is 0.481 e. The van der Waals surface area contributed by atoms with Gasteiger partial charge in [0.1, 0.15) is 0 Å². The fourth-order valence-corrected chi connectivity index (χ4v) is 4.56. The van der Waals surface area contributed by atoms with Crippen LogP contribution >= 0.6 is 23.5 Å². The van der Waals surface area contributed by atoms with Crippen LogP contribution in [0.5, 0.6) is 0 Å². The van der Waals surface area contributed by atoms with Crippen molar-refractivity contribution >= 4 is 35.4 Å². The van der Waals surface area contributed by atoms with Gasteiger partial charge in [0.15, 0.2) is 5.66 Å². The Kier molecular flexibility index (Phi) is 8.05. The number of carbonyl (C=O) groups excluding carboxylic acids is 1. The number of hydrogen-bond donors (Lipinski definition) is 3. The average molecular weight is 424 g/mol. The molecule has 0 fully saturated rings. The highest BCUT2D eigenvalue weighted by atomic mass is 79.9. The predicted molar refractivity (Wildman–Crippen MR) is 89.1 cm³/mol. The zero-order valence-electron chi connectivity index (χ0n) is 13.1. The number of aliphatic carboxylic acids is 1. The van der Waals surface area contributed by atoms with E-state index in [9.17, 15) is 19.3 Å². The number of halogens is 1. The molecule has 134 valence electrons. The lowest BCUT2D eigenvalue weighted by molar-refractivity contribution is -0.141. The lowest BCUT2D eigenvalue weighted by Gasteiger charge is -2.28. The van der Waals surface area contributed by atoms with Crippen molar-refractivity contribution in [3.63, 3.8) is 0 Å². The smallest absolute Gasteiger partial charge is 0.346 e. The fraction of sp³-hybridized carbons (Fsp3) is 0.429. The van der Waals surface area contributed by atoms with Gasteiger partial charge in [-0.25, -0.2) is 5.48 Å². The molecule has 0 aliphatic carbocycles. The van der Waals surface area contributed by atoms with Crippen LogP contribution in [0.15, 0.2) is 28.7 Å². The number of carboxylic acids is 1. The van der Waals surface area contributed by atoms with Crippen LogP contribution in [0, 0.1) is 0 Å². The van der Waals surface area contributed by atoms with Gasteiger partial charge in [-0.2, -0.15) is 0 Å². The second kappa shape index (κ2) is 9.29. The molecule has 0 saturated heterocycles. The summed E-state index contributed by atoms with van der Waals surface area (Å²) in [5.41, 5.74) is -0.144. The van der Waals surface area contributed by atoms with Crippen molar-refractivity contribution in [3.05, 3.63) is 34.3 Å². The van der Waals surface area contributed by atoms with E-state index in [4.69, 9.17) is 14.3 Å². The van der Waals surface area contributed by atoms with E-state index in [0.29, 0.717) is 4.47 Å². The molecule has 1 amide bonds. The zero-order valence-corrected chi connectivity index (χ0v) is 15.6. The third-order valence-corrected chi connectivity index (χ3v) is 6.11. The monoisotopic (exact) mass is 423 g/mol. The first-order chi connectivity index (χ1) is 11.3. The Balaban J connectivity index is 3.47. The van der Waals surface area contributed by atoms with Gasteiger partial charge in [-0.3, -0.25) is 19.4 Å². The Hall–Kier alpha value is -1.25. The number of carbonyl (C=O) groups is 2. The van der Waals surface area contributed by atoms with Crippen molar-refractivity contribution in [1.82, 2.24) is 5.48 Å². The van der Waals surface area contributed by atoms with Crippen molar-refractivity contribution < 1.29 is 33.5 Å². The van der Waals surface area contributed by atoms with E-state index in [-0.39, 0.29) is 18.8 Å². The summed E-state index contributed by atoms with van der Waals surface area (Å²) in [6, 6.07) is 6.17. The summed E-state index contributed by atoms with van der Waals surface area (Å²) >= 11 is 3.23. The van der Waals surface area contributed by atoms with Crippen molar-refractivity contribution in [1.29, 1.82) is 0 Å². The summed E-state index contributed by atoms with van der Waals surface area (Å²) in [5.74, 6) is -4.02. The number of carboxylic acid groups (broad SMARTS) is 1.